The number of hydrogen-bond acceptors (Lipinski definition) is 5. The van der Waals surface area contributed by atoms with E-state index in [2.05, 4.69) is 4.98 Å². The predicted octanol–water partition coefficient (Wildman–Crippen LogP) is 5.94. The topological polar surface area (TPSA) is 66.1 Å². The van der Waals surface area contributed by atoms with Crippen molar-refractivity contribution in [2.45, 2.75) is 58.1 Å². The molecule has 0 amide bonds. The van der Waals surface area contributed by atoms with Crippen LogP contribution in [0.4, 0.5) is 0 Å². The number of fused-ring (bicyclic) bond motifs is 1. The average Bonchev–Trinajstić information content (AvgIpc) is 3.07. The molecule has 1 aliphatic carbocycles. The fourth-order valence-electron chi connectivity index (χ4n) is 4.81. The Bertz CT molecular complexity index is 1500. The Morgan fingerprint density at radius 2 is 1.86 bits per heavy atom. The van der Waals surface area contributed by atoms with Gasteiger partial charge in [0.05, 0.1) is 22.9 Å². The molecule has 0 radical (unpaired) electrons. The largest absolute Gasteiger partial charge is 0.490 e. The Balaban J connectivity index is 1.58. The van der Waals surface area contributed by atoms with E-state index in [1.807, 2.05) is 31.2 Å². The minimum Gasteiger partial charge on any atom is -0.490 e. The van der Waals surface area contributed by atoms with Crippen LogP contribution in [0.2, 0.25) is 5.02 Å². The van der Waals surface area contributed by atoms with E-state index < -0.39 is 0 Å². The normalized spacial score (nSPS) is 14.8. The van der Waals surface area contributed by atoms with Crippen LogP contribution in [0.15, 0.2) is 52.3 Å². The lowest BCUT2D eigenvalue weighted by Crippen LogP contribution is -2.37. The summed E-state index contributed by atoms with van der Waals surface area (Å²) < 4.78 is 10.3. The van der Waals surface area contributed by atoms with Crippen molar-refractivity contribution >= 4 is 33.2 Å². The monoisotopic (exact) mass is 509 g/mol. The Labute approximate surface area is 212 Å². The first-order valence-electron chi connectivity index (χ1n) is 12.0. The van der Waals surface area contributed by atoms with E-state index in [1.165, 1.54) is 58.4 Å². The molecule has 3 aromatic heterocycles. The van der Waals surface area contributed by atoms with Crippen molar-refractivity contribution in [3.63, 3.8) is 0 Å². The highest BCUT2D eigenvalue weighted by Crippen LogP contribution is 2.42. The zero-order chi connectivity index (χ0) is 24.5. The van der Waals surface area contributed by atoms with Gasteiger partial charge in [-0.2, -0.15) is 0 Å². The molecule has 0 saturated heterocycles. The summed E-state index contributed by atoms with van der Waals surface area (Å²) in [5.41, 5.74) is 3.12. The zero-order valence-corrected chi connectivity index (χ0v) is 21.5. The summed E-state index contributed by atoms with van der Waals surface area (Å²) in [6.45, 7) is 2.24. The van der Waals surface area contributed by atoms with Crippen molar-refractivity contribution < 1.29 is 4.74 Å². The minimum atomic E-state index is -0.340. The second-order valence-corrected chi connectivity index (χ2v) is 10.8. The smallest absolute Gasteiger partial charge is 0.331 e. The molecule has 5 rings (SSSR count). The van der Waals surface area contributed by atoms with Crippen molar-refractivity contribution in [1.82, 2.24) is 14.1 Å². The van der Waals surface area contributed by atoms with Crippen LogP contribution in [-0.4, -0.2) is 20.2 Å². The second kappa shape index (κ2) is 9.99. The third-order valence-electron chi connectivity index (χ3n) is 6.63. The predicted molar refractivity (Wildman–Crippen MR) is 142 cm³/mol. The van der Waals surface area contributed by atoms with Gasteiger partial charge in [-0.1, -0.05) is 24.4 Å². The van der Waals surface area contributed by atoms with Gasteiger partial charge in [-0.15, -0.1) is 11.3 Å². The minimum absolute atomic E-state index is 0.201. The number of hydrogen-bond donors (Lipinski definition) is 0. The molecule has 4 aromatic rings. The number of aryl methyl sites for hydroxylation is 2. The van der Waals surface area contributed by atoms with Gasteiger partial charge in [0.2, 0.25) is 0 Å². The lowest BCUT2D eigenvalue weighted by Gasteiger charge is -2.22. The molecule has 1 saturated carbocycles. The van der Waals surface area contributed by atoms with Gasteiger partial charge >= 0.3 is 5.69 Å². The fourth-order valence-corrected chi connectivity index (χ4v) is 6.21. The average molecular weight is 510 g/mol. The van der Waals surface area contributed by atoms with Crippen LogP contribution < -0.4 is 16.0 Å². The molecule has 0 aliphatic heterocycles. The molecular weight excluding hydrogens is 482 g/mol. The maximum absolute atomic E-state index is 12.5. The second-order valence-electron chi connectivity index (χ2n) is 9.25. The van der Waals surface area contributed by atoms with Crippen molar-refractivity contribution in [3.8, 4) is 16.9 Å². The Hall–Kier alpha value is -2.90. The van der Waals surface area contributed by atoms with E-state index in [0.717, 1.165) is 50.4 Å². The standard InChI is InChI=1S/C27H28ClN3O3S/c1-17-13-18(28)14-22(25(17)34-19-7-5-3-4-6-8-19)21-9-11-29-23-15-20(35-26(21)23)16-31-24(32)10-12-30(2)27(31)33/h9-15,19H,3-8,16H2,1-2H3. The van der Waals surface area contributed by atoms with Crippen LogP contribution in [0.25, 0.3) is 21.3 Å². The van der Waals surface area contributed by atoms with Crippen molar-refractivity contribution in [2.75, 3.05) is 0 Å². The molecule has 0 atom stereocenters. The highest BCUT2D eigenvalue weighted by Gasteiger charge is 2.21. The van der Waals surface area contributed by atoms with E-state index >= 15 is 0 Å². The van der Waals surface area contributed by atoms with Gasteiger partial charge in [-0.05, 0) is 62.4 Å². The molecule has 3 heterocycles. The van der Waals surface area contributed by atoms with Gasteiger partial charge in [0, 0.05) is 46.5 Å². The number of benzene rings is 1. The fraction of sp³-hybridized carbons (Fsp3) is 0.370. The number of pyridine rings is 1. The molecule has 182 valence electrons. The third kappa shape index (κ3) is 4.93. The van der Waals surface area contributed by atoms with Gasteiger partial charge in [-0.3, -0.25) is 14.3 Å². The van der Waals surface area contributed by atoms with E-state index in [-0.39, 0.29) is 23.9 Å². The first-order chi connectivity index (χ1) is 16.9. The van der Waals surface area contributed by atoms with Crippen molar-refractivity contribution in [2.24, 2.45) is 7.05 Å². The van der Waals surface area contributed by atoms with E-state index in [9.17, 15) is 9.59 Å². The Morgan fingerprint density at radius 3 is 2.63 bits per heavy atom. The highest BCUT2D eigenvalue weighted by molar-refractivity contribution is 7.19. The summed E-state index contributed by atoms with van der Waals surface area (Å²) in [5, 5.41) is 0.659. The molecule has 6 nitrogen and oxygen atoms in total. The molecule has 1 aromatic carbocycles. The van der Waals surface area contributed by atoms with Gasteiger partial charge < -0.3 is 9.30 Å². The lowest BCUT2D eigenvalue weighted by molar-refractivity contribution is 0.183. The number of aromatic nitrogens is 3. The van der Waals surface area contributed by atoms with Crippen LogP contribution in [-0.2, 0) is 13.6 Å². The summed E-state index contributed by atoms with van der Waals surface area (Å²) in [7, 11) is 1.64. The van der Waals surface area contributed by atoms with Crippen molar-refractivity contribution in [3.05, 3.63) is 79.0 Å². The summed E-state index contributed by atoms with van der Waals surface area (Å²) >= 11 is 8.05. The third-order valence-corrected chi connectivity index (χ3v) is 7.99. The quantitative estimate of drug-likeness (QED) is 0.312. The van der Waals surface area contributed by atoms with Crippen LogP contribution in [0.5, 0.6) is 5.75 Å². The Kier molecular flexibility index (Phi) is 6.80. The van der Waals surface area contributed by atoms with Gasteiger partial charge in [0.1, 0.15) is 5.75 Å². The van der Waals surface area contributed by atoms with Gasteiger partial charge in [0.25, 0.3) is 5.56 Å². The summed E-state index contributed by atoms with van der Waals surface area (Å²) in [6.07, 6.45) is 10.5. The molecule has 0 unspecified atom stereocenters. The summed E-state index contributed by atoms with van der Waals surface area (Å²) in [5.74, 6) is 0.872. The van der Waals surface area contributed by atoms with Crippen LogP contribution in [0, 0.1) is 6.92 Å². The first kappa shape index (κ1) is 23.8. The summed E-state index contributed by atoms with van der Waals surface area (Å²) in [4.78, 5) is 30.3. The zero-order valence-electron chi connectivity index (χ0n) is 19.9. The number of ether oxygens (including phenoxy) is 1. The van der Waals surface area contributed by atoms with Crippen LogP contribution in [0.3, 0.4) is 0 Å². The van der Waals surface area contributed by atoms with Crippen molar-refractivity contribution in [1.29, 1.82) is 0 Å². The Morgan fingerprint density at radius 1 is 1.09 bits per heavy atom. The van der Waals surface area contributed by atoms with Crippen LogP contribution in [0.1, 0.15) is 49.0 Å². The van der Waals surface area contributed by atoms with E-state index in [4.69, 9.17) is 16.3 Å². The van der Waals surface area contributed by atoms with E-state index in [1.54, 1.807) is 13.2 Å². The number of nitrogens with zero attached hydrogens (tertiary/aromatic N) is 3. The first-order valence-corrected chi connectivity index (χ1v) is 13.2. The molecule has 0 bridgehead atoms. The van der Waals surface area contributed by atoms with Gasteiger partial charge in [-0.25, -0.2) is 4.79 Å². The number of halogens is 1. The molecule has 1 fully saturated rings. The molecule has 0 spiro atoms. The molecule has 1 aliphatic rings. The van der Waals surface area contributed by atoms with E-state index in [0.29, 0.717) is 5.02 Å². The molecule has 35 heavy (non-hydrogen) atoms. The maximum Gasteiger partial charge on any atom is 0.331 e. The SMILES string of the molecule is Cc1cc(Cl)cc(-c2ccnc3cc(Cn4c(=O)ccn(C)c4=O)sc23)c1OC1CCCCCC1. The van der Waals surface area contributed by atoms with Crippen LogP contribution >= 0.6 is 22.9 Å². The lowest BCUT2D eigenvalue weighted by atomic mass is 10.0. The summed E-state index contributed by atoms with van der Waals surface area (Å²) in [6, 6.07) is 9.26. The number of rotatable bonds is 5. The highest BCUT2D eigenvalue weighted by atomic mass is 35.5. The number of thiophene rings is 1. The molecule has 0 N–H and O–H groups in total. The van der Waals surface area contributed by atoms with Gasteiger partial charge in [0.15, 0.2) is 0 Å². The molecule has 8 heteroatoms. The molecular formula is C27H28ClN3O3S. The maximum atomic E-state index is 12.5.